The minimum absolute atomic E-state index is 0.104. The summed E-state index contributed by atoms with van der Waals surface area (Å²) in [6.07, 6.45) is 0. The van der Waals surface area contributed by atoms with E-state index in [9.17, 15) is 10.2 Å². The van der Waals surface area contributed by atoms with Crippen molar-refractivity contribution in [2.45, 2.75) is 13.0 Å². The third-order valence-corrected chi connectivity index (χ3v) is 2.85. The largest absolute Gasteiger partial charge is 0.508 e. The monoisotopic (exact) mass is 254 g/mol. The van der Waals surface area contributed by atoms with Gasteiger partial charge in [0.2, 0.25) is 0 Å². The number of nitriles is 1. The van der Waals surface area contributed by atoms with Gasteiger partial charge in [0.25, 0.3) is 0 Å². The van der Waals surface area contributed by atoms with E-state index in [1.54, 1.807) is 18.2 Å². The highest BCUT2D eigenvalue weighted by Gasteiger charge is 2.11. The summed E-state index contributed by atoms with van der Waals surface area (Å²) < 4.78 is 0. The summed E-state index contributed by atoms with van der Waals surface area (Å²) in [4.78, 5) is 0. The van der Waals surface area contributed by atoms with Gasteiger partial charge in [0, 0.05) is 11.3 Å². The highest BCUT2D eigenvalue weighted by Crippen LogP contribution is 2.30. The van der Waals surface area contributed by atoms with E-state index < -0.39 is 0 Å². The Balaban J connectivity index is 2.23. The van der Waals surface area contributed by atoms with Gasteiger partial charge in [-0.3, -0.25) is 0 Å². The van der Waals surface area contributed by atoms with Crippen LogP contribution in [0.1, 0.15) is 24.1 Å². The summed E-state index contributed by atoms with van der Waals surface area (Å²) in [5.74, 6) is 0.224. The first-order valence-electron chi connectivity index (χ1n) is 5.88. The van der Waals surface area contributed by atoms with Gasteiger partial charge in [0.1, 0.15) is 11.5 Å². The molecule has 0 aliphatic carbocycles. The van der Waals surface area contributed by atoms with Crippen molar-refractivity contribution in [2.75, 3.05) is 5.32 Å². The number of hydrogen-bond donors (Lipinski definition) is 3. The SMILES string of the molecule is CC(Nc1cccc(C#N)c1)c1cc(O)ccc1O. The molecular weight excluding hydrogens is 240 g/mol. The maximum absolute atomic E-state index is 9.78. The molecule has 0 saturated carbocycles. The van der Waals surface area contributed by atoms with Crippen LogP contribution in [0.5, 0.6) is 11.5 Å². The van der Waals surface area contributed by atoms with Gasteiger partial charge >= 0.3 is 0 Å². The summed E-state index contributed by atoms with van der Waals surface area (Å²) in [5.41, 5.74) is 1.95. The van der Waals surface area contributed by atoms with E-state index in [0.717, 1.165) is 5.69 Å². The van der Waals surface area contributed by atoms with Crippen molar-refractivity contribution < 1.29 is 10.2 Å². The molecule has 0 aliphatic rings. The van der Waals surface area contributed by atoms with Gasteiger partial charge in [-0.05, 0) is 43.3 Å². The number of anilines is 1. The highest BCUT2D eigenvalue weighted by molar-refractivity contribution is 5.52. The lowest BCUT2D eigenvalue weighted by atomic mass is 10.1. The molecule has 0 radical (unpaired) electrons. The van der Waals surface area contributed by atoms with Crippen LogP contribution in [0.25, 0.3) is 0 Å². The Kier molecular flexibility index (Phi) is 3.58. The van der Waals surface area contributed by atoms with E-state index in [1.165, 1.54) is 18.2 Å². The van der Waals surface area contributed by atoms with Gasteiger partial charge in [-0.25, -0.2) is 0 Å². The van der Waals surface area contributed by atoms with E-state index in [4.69, 9.17) is 5.26 Å². The number of rotatable bonds is 3. The van der Waals surface area contributed by atoms with Crippen LogP contribution in [-0.4, -0.2) is 10.2 Å². The minimum Gasteiger partial charge on any atom is -0.508 e. The standard InChI is InChI=1S/C15H14N2O2/c1-10(14-8-13(18)5-6-15(14)19)17-12-4-2-3-11(7-12)9-16/h2-8,10,17-19H,1H3. The number of hydrogen-bond acceptors (Lipinski definition) is 4. The number of phenolic OH excluding ortho intramolecular Hbond substituents is 2. The molecule has 1 atom stereocenters. The van der Waals surface area contributed by atoms with Gasteiger partial charge in [-0.1, -0.05) is 6.07 Å². The molecule has 4 heteroatoms. The lowest BCUT2D eigenvalue weighted by Gasteiger charge is -2.17. The van der Waals surface area contributed by atoms with Crippen molar-refractivity contribution in [2.24, 2.45) is 0 Å². The Labute approximate surface area is 111 Å². The van der Waals surface area contributed by atoms with Gasteiger partial charge in [0.15, 0.2) is 0 Å². The molecule has 0 aromatic heterocycles. The second-order valence-corrected chi connectivity index (χ2v) is 4.30. The fourth-order valence-corrected chi connectivity index (χ4v) is 1.90. The van der Waals surface area contributed by atoms with Crippen LogP contribution >= 0.6 is 0 Å². The van der Waals surface area contributed by atoms with E-state index in [0.29, 0.717) is 11.1 Å². The van der Waals surface area contributed by atoms with Gasteiger partial charge in [-0.15, -0.1) is 0 Å². The number of nitrogens with zero attached hydrogens (tertiary/aromatic N) is 1. The smallest absolute Gasteiger partial charge is 0.121 e. The fraction of sp³-hybridized carbons (Fsp3) is 0.133. The second-order valence-electron chi connectivity index (χ2n) is 4.30. The Hall–Kier alpha value is -2.67. The second kappa shape index (κ2) is 5.32. The van der Waals surface area contributed by atoms with Crippen molar-refractivity contribution in [1.82, 2.24) is 0 Å². The van der Waals surface area contributed by atoms with Crippen LogP contribution in [-0.2, 0) is 0 Å². The van der Waals surface area contributed by atoms with Crippen LogP contribution < -0.4 is 5.32 Å². The summed E-state index contributed by atoms with van der Waals surface area (Å²) >= 11 is 0. The van der Waals surface area contributed by atoms with Crippen LogP contribution in [0.4, 0.5) is 5.69 Å². The molecule has 0 fully saturated rings. The number of phenols is 2. The lowest BCUT2D eigenvalue weighted by Crippen LogP contribution is -2.06. The Morgan fingerprint density at radius 2 is 1.95 bits per heavy atom. The summed E-state index contributed by atoms with van der Waals surface area (Å²) in [6, 6.07) is 13.4. The predicted molar refractivity (Wildman–Crippen MR) is 73.0 cm³/mol. The van der Waals surface area contributed by atoms with Crippen LogP contribution in [0.15, 0.2) is 42.5 Å². The van der Waals surface area contributed by atoms with Gasteiger partial charge < -0.3 is 15.5 Å². The Morgan fingerprint density at radius 3 is 2.68 bits per heavy atom. The molecule has 19 heavy (non-hydrogen) atoms. The number of benzene rings is 2. The van der Waals surface area contributed by atoms with Crippen molar-refractivity contribution in [1.29, 1.82) is 5.26 Å². The van der Waals surface area contributed by atoms with Crippen LogP contribution in [0.2, 0.25) is 0 Å². The summed E-state index contributed by atoms with van der Waals surface area (Å²) in [5, 5.41) is 31.3. The van der Waals surface area contributed by atoms with Gasteiger partial charge in [0.05, 0.1) is 17.7 Å². The molecule has 0 amide bonds. The summed E-state index contributed by atoms with van der Waals surface area (Å²) in [6.45, 7) is 1.87. The molecule has 0 saturated heterocycles. The number of nitrogens with one attached hydrogen (secondary N) is 1. The summed E-state index contributed by atoms with van der Waals surface area (Å²) in [7, 11) is 0. The molecule has 0 bridgehead atoms. The molecule has 96 valence electrons. The Morgan fingerprint density at radius 1 is 1.16 bits per heavy atom. The zero-order valence-corrected chi connectivity index (χ0v) is 10.5. The van der Waals surface area contributed by atoms with E-state index >= 15 is 0 Å². The highest BCUT2D eigenvalue weighted by atomic mass is 16.3. The molecule has 2 aromatic carbocycles. The molecule has 1 unspecified atom stereocenters. The first kappa shape index (κ1) is 12.8. The maximum Gasteiger partial charge on any atom is 0.121 e. The van der Waals surface area contributed by atoms with E-state index in [2.05, 4.69) is 11.4 Å². The van der Waals surface area contributed by atoms with E-state index in [1.807, 2.05) is 13.0 Å². The predicted octanol–water partition coefficient (Wildman–Crippen LogP) is 3.14. The first-order chi connectivity index (χ1) is 9.10. The molecule has 2 rings (SSSR count). The number of aromatic hydroxyl groups is 2. The Bertz CT molecular complexity index is 632. The molecular formula is C15H14N2O2. The fourth-order valence-electron chi connectivity index (χ4n) is 1.90. The third-order valence-electron chi connectivity index (χ3n) is 2.85. The molecule has 2 aromatic rings. The average molecular weight is 254 g/mol. The quantitative estimate of drug-likeness (QED) is 0.735. The normalized spacial score (nSPS) is 11.6. The molecule has 4 nitrogen and oxygen atoms in total. The van der Waals surface area contributed by atoms with Crippen LogP contribution in [0, 0.1) is 11.3 Å². The van der Waals surface area contributed by atoms with Crippen molar-refractivity contribution >= 4 is 5.69 Å². The molecule has 3 N–H and O–H groups in total. The maximum atomic E-state index is 9.78. The van der Waals surface area contributed by atoms with Gasteiger partial charge in [-0.2, -0.15) is 5.26 Å². The van der Waals surface area contributed by atoms with Crippen LogP contribution in [0.3, 0.4) is 0 Å². The molecule has 0 aliphatic heterocycles. The average Bonchev–Trinajstić information content (AvgIpc) is 2.41. The molecule has 0 spiro atoms. The lowest BCUT2D eigenvalue weighted by molar-refractivity contribution is 0.451. The first-order valence-corrected chi connectivity index (χ1v) is 5.88. The third kappa shape index (κ3) is 2.96. The minimum atomic E-state index is -0.193. The van der Waals surface area contributed by atoms with Crippen molar-refractivity contribution in [3.8, 4) is 17.6 Å². The zero-order chi connectivity index (χ0) is 13.8. The molecule has 0 heterocycles. The van der Waals surface area contributed by atoms with Crippen molar-refractivity contribution in [3.63, 3.8) is 0 Å². The van der Waals surface area contributed by atoms with Crippen molar-refractivity contribution in [3.05, 3.63) is 53.6 Å². The zero-order valence-electron chi connectivity index (χ0n) is 10.5. The van der Waals surface area contributed by atoms with E-state index in [-0.39, 0.29) is 17.5 Å². The topological polar surface area (TPSA) is 76.3 Å².